The number of halogens is 5. The number of aromatic nitrogens is 3. The Morgan fingerprint density at radius 1 is 1.11 bits per heavy atom. The number of rotatable bonds is 12. The second-order valence-corrected chi connectivity index (χ2v) is 11.8. The molecule has 2 fully saturated rings. The van der Waals surface area contributed by atoms with E-state index in [4.69, 9.17) is 15.2 Å². The van der Waals surface area contributed by atoms with Crippen LogP contribution in [0.25, 0.3) is 22.2 Å². The van der Waals surface area contributed by atoms with Gasteiger partial charge in [0.1, 0.15) is 28.4 Å². The lowest BCUT2D eigenvalue weighted by Gasteiger charge is -2.33. The first kappa shape index (κ1) is 32.2. The summed E-state index contributed by atoms with van der Waals surface area (Å²) in [6.07, 6.45) is 1.23. The molecule has 2 aromatic heterocycles. The monoisotopic (exact) mass is 659 g/mol. The number of nitrogens with two attached hydrogens (primary N) is 1. The number of aliphatic hydroxyl groups is 1. The van der Waals surface area contributed by atoms with Gasteiger partial charge in [0.05, 0.1) is 32.4 Å². The predicted molar refractivity (Wildman–Crippen MR) is 158 cm³/mol. The van der Waals surface area contributed by atoms with Gasteiger partial charge in [-0.2, -0.15) is 5.10 Å². The largest absolute Gasteiger partial charge is 0.494 e. The number of methoxy groups -OCH3 is 1. The van der Waals surface area contributed by atoms with Crippen molar-refractivity contribution in [3.63, 3.8) is 0 Å². The molecule has 0 bridgehead atoms. The molecule has 2 aromatic carbocycles. The van der Waals surface area contributed by atoms with Gasteiger partial charge in [0.25, 0.3) is 5.91 Å². The van der Waals surface area contributed by atoms with Crippen molar-refractivity contribution < 1.29 is 46.1 Å². The van der Waals surface area contributed by atoms with E-state index in [1.165, 1.54) is 30.1 Å². The van der Waals surface area contributed by atoms with Crippen LogP contribution in [0.4, 0.5) is 22.0 Å². The Balaban J connectivity index is 1.41. The molecular weight excluding hydrogens is 629 g/mol. The van der Waals surface area contributed by atoms with E-state index in [-0.39, 0.29) is 42.1 Å². The van der Waals surface area contributed by atoms with Crippen LogP contribution in [0.15, 0.2) is 36.5 Å². The highest BCUT2D eigenvalue weighted by molar-refractivity contribution is 6.00. The summed E-state index contributed by atoms with van der Waals surface area (Å²) in [7, 11) is 1.35. The standard InChI is InChI=1S/C32H30F5N5O5/c1-3-47-28-16(13-23(38)43)12-22(40-27(28)19-4-5-20(33)25(35)24(19)34)32(45,30(36)6-7-30)15-39-29(44)17-10-18-14-42(31(37)8-9-31)41-26(18)21(11-17)46-2/h4-5,10-12,14,45H,3,6-9,13,15H2,1-2H3,(H2,38,43)(H,39,44)/t32-/m0/s1. The van der Waals surface area contributed by atoms with Crippen molar-refractivity contribution in [3.8, 4) is 22.8 Å². The van der Waals surface area contributed by atoms with Gasteiger partial charge < -0.3 is 25.6 Å². The number of nitrogens with zero attached hydrogens (tertiary/aromatic N) is 3. The molecule has 2 saturated carbocycles. The zero-order valence-electron chi connectivity index (χ0n) is 25.3. The van der Waals surface area contributed by atoms with Gasteiger partial charge in [-0.05, 0) is 50.1 Å². The van der Waals surface area contributed by atoms with Crippen molar-refractivity contribution >= 4 is 22.7 Å². The zero-order chi connectivity index (χ0) is 33.9. The number of benzene rings is 2. The van der Waals surface area contributed by atoms with Gasteiger partial charge >= 0.3 is 0 Å². The molecule has 6 rings (SSSR count). The fraction of sp³-hybridized carbons (Fsp3) is 0.375. The van der Waals surface area contributed by atoms with Gasteiger partial charge in [0, 0.05) is 41.1 Å². The Morgan fingerprint density at radius 2 is 1.83 bits per heavy atom. The third-order valence-electron chi connectivity index (χ3n) is 8.48. The lowest BCUT2D eigenvalue weighted by atomic mass is 9.88. The molecule has 4 N–H and O–H groups in total. The van der Waals surface area contributed by atoms with Crippen LogP contribution in [0.2, 0.25) is 0 Å². The molecular formula is C32H30F5N5O5. The molecule has 1 atom stereocenters. The second-order valence-electron chi connectivity index (χ2n) is 11.8. The fourth-order valence-electron chi connectivity index (χ4n) is 5.55. The average Bonchev–Trinajstić information content (AvgIpc) is 3.94. The smallest absolute Gasteiger partial charge is 0.251 e. The molecule has 248 valence electrons. The Labute approximate surface area is 264 Å². The molecule has 2 aliphatic rings. The minimum absolute atomic E-state index is 0.0299. The van der Waals surface area contributed by atoms with Crippen molar-refractivity contribution in [1.29, 1.82) is 0 Å². The molecule has 10 nitrogen and oxygen atoms in total. The first-order valence-corrected chi connectivity index (χ1v) is 14.8. The number of fused-ring (bicyclic) bond motifs is 1. The number of hydrogen-bond acceptors (Lipinski definition) is 7. The molecule has 0 radical (unpaired) electrons. The van der Waals surface area contributed by atoms with Gasteiger partial charge in [-0.3, -0.25) is 9.59 Å². The van der Waals surface area contributed by atoms with E-state index in [9.17, 15) is 27.9 Å². The van der Waals surface area contributed by atoms with Crippen LogP contribution in [-0.4, -0.2) is 57.6 Å². The van der Waals surface area contributed by atoms with Crippen LogP contribution in [0, 0.1) is 17.5 Å². The third-order valence-corrected chi connectivity index (χ3v) is 8.48. The topological polar surface area (TPSA) is 142 Å². The Bertz CT molecular complexity index is 1930. The predicted octanol–water partition coefficient (Wildman–Crippen LogP) is 4.49. The van der Waals surface area contributed by atoms with E-state index in [1.54, 1.807) is 6.92 Å². The number of carbonyl (C=O) groups excluding carboxylic acids is 2. The summed E-state index contributed by atoms with van der Waals surface area (Å²) in [6, 6.07) is 5.49. The van der Waals surface area contributed by atoms with Gasteiger partial charge in [0.2, 0.25) is 11.7 Å². The minimum Gasteiger partial charge on any atom is -0.494 e. The summed E-state index contributed by atoms with van der Waals surface area (Å²) >= 11 is 0. The first-order valence-electron chi connectivity index (χ1n) is 14.8. The molecule has 0 saturated heterocycles. The SMILES string of the molecule is CCOc1c(CC(N)=O)cc([C@@](O)(CNC(=O)c2cc(OC)c3nn(C4(F)CC4)cc3c2)C2(F)CC2)nc1-c1ccc(F)c(F)c1F. The maximum absolute atomic E-state index is 16.1. The normalized spacial score (nSPS) is 17.2. The second kappa shape index (κ2) is 11.5. The molecule has 47 heavy (non-hydrogen) atoms. The number of pyridine rings is 1. The quantitative estimate of drug-likeness (QED) is 0.150. The summed E-state index contributed by atoms with van der Waals surface area (Å²) in [6.45, 7) is 0.780. The molecule has 0 aliphatic heterocycles. The fourth-order valence-corrected chi connectivity index (χ4v) is 5.55. The molecule has 2 heterocycles. The number of nitrogens with one attached hydrogen (secondary N) is 1. The minimum atomic E-state index is -2.56. The van der Waals surface area contributed by atoms with Gasteiger partial charge in [-0.1, -0.05) is 0 Å². The molecule has 0 spiro atoms. The third kappa shape index (κ3) is 5.62. The zero-order valence-corrected chi connectivity index (χ0v) is 25.3. The number of hydrogen-bond donors (Lipinski definition) is 3. The average molecular weight is 660 g/mol. The first-order chi connectivity index (χ1) is 22.2. The summed E-state index contributed by atoms with van der Waals surface area (Å²) < 4.78 is 86.2. The van der Waals surface area contributed by atoms with E-state index in [0.717, 1.165) is 12.1 Å². The molecule has 2 amide bonds. The molecule has 4 aromatic rings. The van der Waals surface area contributed by atoms with Crippen LogP contribution in [0.3, 0.4) is 0 Å². The van der Waals surface area contributed by atoms with Crippen LogP contribution in [0.1, 0.15) is 54.2 Å². The maximum Gasteiger partial charge on any atom is 0.251 e. The van der Waals surface area contributed by atoms with E-state index in [0.29, 0.717) is 29.8 Å². The Kier molecular flexibility index (Phi) is 7.85. The van der Waals surface area contributed by atoms with Crippen molar-refractivity contribution in [1.82, 2.24) is 20.1 Å². The van der Waals surface area contributed by atoms with E-state index in [1.807, 2.05) is 0 Å². The van der Waals surface area contributed by atoms with Crippen LogP contribution in [0.5, 0.6) is 11.5 Å². The Hall–Kier alpha value is -4.79. The molecule has 2 aliphatic carbocycles. The van der Waals surface area contributed by atoms with Crippen molar-refractivity contribution in [2.45, 2.75) is 56.1 Å². The Morgan fingerprint density at radius 3 is 2.45 bits per heavy atom. The van der Waals surface area contributed by atoms with Crippen LogP contribution >= 0.6 is 0 Å². The van der Waals surface area contributed by atoms with Gasteiger partial charge in [0.15, 0.2) is 23.1 Å². The summed E-state index contributed by atoms with van der Waals surface area (Å²) in [5.74, 6) is -8.19. The van der Waals surface area contributed by atoms with Gasteiger partial charge in [-0.15, -0.1) is 0 Å². The highest BCUT2D eigenvalue weighted by Gasteiger charge is 2.62. The maximum atomic E-state index is 16.1. The van der Waals surface area contributed by atoms with Crippen LogP contribution in [-0.2, 0) is 22.6 Å². The lowest BCUT2D eigenvalue weighted by molar-refractivity contribution is -0.117. The summed E-state index contributed by atoms with van der Waals surface area (Å²) in [4.78, 5) is 29.7. The van der Waals surface area contributed by atoms with Gasteiger partial charge in [-0.25, -0.2) is 31.6 Å². The van der Waals surface area contributed by atoms with E-state index >= 15 is 8.78 Å². The molecule has 0 unspecified atom stereocenters. The van der Waals surface area contributed by atoms with E-state index < -0.39 is 76.2 Å². The van der Waals surface area contributed by atoms with Crippen molar-refractivity contribution in [2.24, 2.45) is 5.73 Å². The lowest BCUT2D eigenvalue weighted by Crippen LogP contribution is -2.49. The molecule has 15 heteroatoms. The van der Waals surface area contributed by atoms with E-state index in [2.05, 4.69) is 15.4 Å². The number of primary amides is 1. The highest BCUT2D eigenvalue weighted by Crippen LogP contribution is 2.54. The number of amides is 2. The summed E-state index contributed by atoms with van der Waals surface area (Å²) in [5, 5.41) is 19.1. The van der Waals surface area contributed by atoms with Crippen LogP contribution < -0.4 is 20.5 Å². The van der Waals surface area contributed by atoms with Crippen molar-refractivity contribution in [2.75, 3.05) is 20.3 Å². The summed E-state index contributed by atoms with van der Waals surface area (Å²) in [5.41, 5.74) is -0.604. The number of alkyl halides is 2. The number of ether oxygens (including phenoxy) is 2. The highest BCUT2D eigenvalue weighted by atomic mass is 19.2. The van der Waals surface area contributed by atoms with Crippen molar-refractivity contribution in [3.05, 3.63) is 70.8 Å². The number of carbonyl (C=O) groups is 2.